The fraction of sp³-hybridized carbons (Fsp3) is 0.462. The molecule has 0 aliphatic carbocycles. The van der Waals surface area contributed by atoms with Gasteiger partial charge in [-0.15, -0.1) is 0 Å². The quantitative estimate of drug-likeness (QED) is 0.424. The predicted octanol–water partition coefficient (Wildman–Crippen LogP) is 0.175. The summed E-state index contributed by atoms with van der Waals surface area (Å²) < 4.78 is 16.6. The van der Waals surface area contributed by atoms with Crippen LogP contribution in [0.4, 0.5) is 0 Å². The first-order valence-corrected chi connectivity index (χ1v) is 12.8. The fourth-order valence-electron chi connectivity index (χ4n) is 4.52. The first-order chi connectivity index (χ1) is 18.7. The number of benzene rings is 1. The van der Waals surface area contributed by atoms with Crippen molar-refractivity contribution in [2.75, 3.05) is 20.3 Å². The second-order valence-corrected chi connectivity index (χ2v) is 10.0. The SMILES string of the molecule is CC(C)C[C@H](NC(=O)[C@H](Cc1ccccc1)NC(=O)c1cnccn1)B1OC(=O)[C@@H]2COC[C@@H](C(=O)O1)N2C. The van der Waals surface area contributed by atoms with Crippen LogP contribution in [0, 0.1) is 5.92 Å². The van der Waals surface area contributed by atoms with E-state index in [2.05, 4.69) is 20.6 Å². The molecule has 0 saturated carbocycles. The van der Waals surface area contributed by atoms with Crippen molar-refractivity contribution in [3.63, 3.8) is 0 Å². The molecule has 0 radical (unpaired) electrons. The molecule has 3 heterocycles. The molecular weight excluding hydrogens is 505 g/mol. The fourth-order valence-corrected chi connectivity index (χ4v) is 4.52. The van der Waals surface area contributed by atoms with Crippen LogP contribution < -0.4 is 10.6 Å². The lowest BCUT2D eigenvalue weighted by Gasteiger charge is -2.40. The van der Waals surface area contributed by atoms with Crippen molar-refractivity contribution in [2.45, 2.75) is 50.8 Å². The molecule has 1 aromatic heterocycles. The Kier molecular flexibility index (Phi) is 9.26. The van der Waals surface area contributed by atoms with Crippen molar-refractivity contribution in [3.8, 4) is 0 Å². The highest BCUT2D eigenvalue weighted by Gasteiger charge is 2.48. The van der Waals surface area contributed by atoms with Crippen LogP contribution in [0.2, 0.25) is 0 Å². The Morgan fingerprint density at radius 3 is 2.31 bits per heavy atom. The molecule has 2 fully saturated rings. The third kappa shape index (κ3) is 7.18. The lowest BCUT2D eigenvalue weighted by Crippen LogP contribution is -2.64. The minimum absolute atomic E-state index is 0.0467. The molecule has 2 aromatic rings. The Labute approximate surface area is 226 Å². The standard InChI is InChI=1S/C26H32BN5O7/c1-16(2)11-22(27-38-25(35)20-14-37-15-21(32(20)3)26(36)39-27)31-23(33)18(12-17-7-5-4-6-8-17)30-24(34)19-13-28-9-10-29-19/h4-10,13,16,18,20-22H,11-12,14-15H2,1-3H3,(H,30,34)(H,31,33)/t18-,20-,21-,22-/m0/s1. The van der Waals surface area contributed by atoms with Gasteiger partial charge in [-0.2, -0.15) is 0 Å². The largest absolute Gasteiger partial charge is 0.622 e. The highest BCUT2D eigenvalue weighted by atomic mass is 16.6. The summed E-state index contributed by atoms with van der Waals surface area (Å²) in [5.41, 5.74) is 0.875. The van der Waals surface area contributed by atoms with Gasteiger partial charge in [0.15, 0.2) is 0 Å². The number of nitrogens with zero attached hydrogens (tertiary/aromatic N) is 3. The third-order valence-corrected chi connectivity index (χ3v) is 6.63. The van der Waals surface area contributed by atoms with Crippen molar-refractivity contribution in [2.24, 2.45) is 5.92 Å². The van der Waals surface area contributed by atoms with Crippen LogP contribution in [0.1, 0.15) is 36.3 Å². The third-order valence-electron chi connectivity index (χ3n) is 6.63. The Bertz CT molecular complexity index is 1140. The zero-order chi connectivity index (χ0) is 27.9. The Morgan fingerprint density at radius 1 is 1.05 bits per heavy atom. The van der Waals surface area contributed by atoms with Crippen molar-refractivity contribution < 1.29 is 33.2 Å². The highest BCUT2D eigenvalue weighted by molar-refractivity contribution is 6.51. The number of hydrogen-bond donors (Lipinski definition) is 2. The number of hydrogen-bond acceptors (Lipinski definition) is 10. The van der Waals surface area contributed by atoms with Crippen LogP contribution in [0.25, 0.3) is 0 Å². The molecule has 12 nitrogen and oxygen atoms in total. The van der Waals surface area contributed by atoms with E-state index in [0.29, 0.717) is 6.42 Å². The van der Waals surface area contributed by atoms with Crippen LogP contribution in [0.3, 0.4) is 0 Å². The molecule has 39 heavy (non-hydrogen) atoms. The second kappa shape index (κ2) is 12.8. The maximum Gasteiger partial charge on any atom is 0.622 e. The van der Waals surface area contributed by atoms with Crippen molar-refractivity contribution >= 4 is 30.9 Å². The molecule has 0 unspecified atom stereocenters. The normalized spacial score (nSPS) is 21.2. The van der Waals surface area contributed by atoms with Gasteiger partial charge in [0, 0.05) is 18.8 Å². The number of fused-ring (bicyclic) bond motifs is 2. The number of amides is 2. The van der Waals surface area contributed by atoms with E-state index in [-0.39, 0.29) is 31.2 Å². The number of morpholine rings is 1. The summed E-state index contributed by atoms with van der Waals surface area (Å²) in [6.07, 6.45) is 4.66. The Hall–Kier alpha value is -3.84. The topological polar surface area (TPSA) is 149 Å². The molecular formula is C26H32BN5O7. The second-order valence-electron chi connectivity index (χ2n) is 10.0. The van der Waals surface area contributed by atoms with Gasteiger partial charge in [0.1, 0.15) is 23.8 Å². The van der Waals surface area contributed by atoms with E-state index in [9.17, 15) is 19.2 Å². The molecule has 2 amide bonds. The molecule has 0 spiro atoms. The van der Waals surface area contributed by atoms with E-state index >= 15 is 0 Å². The summed E-state index contributed by atoms with van der Waals surface area (Å²) in [5.74, 6) is -3.14. The summed E-state index contributed by atoms with van der Waals surface area (Å²) in [7, 11) is 0.295. The summed E-state index contributed by atoms with van der Waals surface area (Å²) in [6, 6.07) is 6.66. The van der Waals surface area contributed by atoms with Gasteiger partial charge in [0.25, 0.3) is 5.91 Å². The summed E-state index contributed by atoms with van der Waals surface area (Å²) in [6.45, 7) is 4.03. The maximum atomic E-state index is 13.6. The highest BCUT2D eigenvalue weighted by Crippen LogP contribution is 2.21. The van der Waals surface area contributed by atoms with E-state index in [1.165, 1.54) is 18.6 Å². The Balaban J connectivity index is 1.56. The van der Waals surface area contributed by atoms with Crippen molar-refractivity contribution in [1.29, 1.82) is 0 Å². The van der Waals surface area contributed by atoms with E-state index in [1.54, 1.807) is 11.9 Å². The molecule has 4 rings (SSSR count). The molecule has 2 saturated heterocycles. The van der Waals surface area contributed by atoms with Gasteiger partial charge in [-0.1, -0.05) is 44.2 Å². The average Bonchev–Trinajstić information content (AvgIpc) is 2.92. The van der Waals surface area contributed by atoms with Crippen molar-refractivity contribution in [1.82, 2.24) is 25.5 Å². The number of likely N-dealkylation sites (N-methyl/N-ethyl adjacent to an activating group) is 1. The number of aromatic nitrogens is 2. The maximum absolute atomic E-state index is 13.6. The smallest absolute Gasteiger partial charge is 0.497 e. The monoisotopic (exact) mass is 537 g/mol. The number of ether oxygens (including phenoxy) is 1. The predicted molar refractivity (Wildman–Crippen MR) is 139 cm³/mol. The van der Waals surface area contributed by atoms with E-state index in [0.717, 1.165) is 5.56 Å². The molecule has 2 aliphatic heterocycles. The number of nitrogens with one attached hydrogen (secondary N) is 2. The van der Waals surface area contributed by atoms with Crippen molar-refractivity contribution in [3.05, 3.63) is 60.2 Å². The van der Waals surface area contributed by atoms with E-state index in [1.807, 2.05) is 44.2 Å². The minimum atomic E-state index is -1.35. The minimum Gasteiger partial charge on any atom is -0.497 e. The zero-order valence-corrected chi connectivity index (χ0v) is 22.1. The molecule has 2 aliphatic rings. The van der Waals surface area contributed by atoms with Gasteiger partial charge >= 0.3 is 19.1 Å². The molecule has 2 bridgehead atoms. The van der Waals surface area contributed by atoms with Gasteiger partial charge in [-0.05, 0) is 24.9 Å². The lowest BCUT2D eigenvalue weighted by atomic mass is 9.73. The molecule has 1 aromatic carbocycles. The van der Waals surface area contributed by atoms with Gasteiger partial charge in [0.05, 0.1) is 25.4 Å². The lowest BCUT2D eigenvalue weighted by molar-refractivity contribution is -0.166. The number of carbonyl (C=O) groups excluding carboxylic acids is 4. The zero-order valence-electron chi connectivity index (χ0n) is 22.1. The summed E-state index contributed by atoms with van der Waals surface area (Å²) in [4.78, 5) is 61.9. The Morgan fingerprint density at radius 2 is 1.72 bits per heavy atom. The van der Waals surface area contributed by atoms with E-state index in [4.69, 9.17) is 14.0 Å². The van der Waals surface area contributed by atoms with Crippen LogP contribution in [-0.4, -0.2) is 90.1 Å². The van der Waals surface area contributed by atoms with Crippen LogP contribution >= 0.6 is 0 Å². The number of carbonyl (C=O) groups is 4. The molecule has 4 atom stereocenters. The molecule has 2 N–H and O–H groups in total. The van der Waals surface area contributed by atoms with Crippen LogP contribution in [0.5, 0.6) is 0 Å². The van der Waals surface area contributed by atoms with Gasteiger partial charge in [0.2, 0.25) is 5.91 Å². The average molecular weight is 537 g/mol. The van der Waals surface area contributed by atoms with E-state index < -0.39 is 54.9 Å². The summed E-state index contributed by atoms with van der Waals surface area (Å²) in [5, 5.41) is 5.60. The summed E-state index contributed by atoms with van der Waals surface area (Å²) >= 11 is 0. The molecule has 206 valence electrons. The van der Waals surface area contributed by atoms with Gasteiger partial charge < -0.3 is 24.7 Å². The molecule has 13 heteroatoms. The first-order valence-electron chi connectivity index (χ1n) is 12.8. The van der Waals surface area contributed by atoms with Gasteiger partial charge in [-0.25, -0.2) is 4.98 Å². The van der Waals surface area contributed by atoms with Gasteiger partial charge in [-0.3, -0.25) is 29.1 Å². The number of rotatable bonds is 9. The first kappa shape index (κ1) is 28.2. The van der Waals surface area contributed by atoms with Crippen LogP contribution in [-0.2, 0) is 34.9 Å². The van der Waals surface area contributed by atoms with Crippen LogP contribution in [0.15, 0.2) is 48.9 Å².